The summed E-state index contributed by atoms with van der Waals surface area (Å²) in [7, 11) is 0. The zero-order valence-electron chi connectivity index (χ0n) is 11.9. The molecule has 0 bridgehead atoms. The average molecular weight is 294 g/mol. The third-order valence-electron chi connectivity index (χ3n) is 3.83. The average Bonchev–Trinajstić information content (AvgIpc) is 3.21. The summed E-state index contributed by atoms with van der Waals surface area (Å²) < 4.78 is 10.9. The van der Waals surface area contributed by atoms with Gasteiger partial charge in [-0.05, 0) is 19.8 Å². The van der Waals surface area contributed by atoms with Crippen LogP contribution in [-0.2, 0) is 9.53 Å². The van der Waals surface area contributed by atoms with Gasteiger partial charge >= 0.3 is 5.97 Å². The van der Waals surface area contributed by atoms with Crippen molar-refractivity contribution in [2.45, 2.75) is 38.1 Å². The summed E-state index contributed by atoms with van der Waals surface area (Å²) >= 11 is 0. The molecule has 0 aromatic carbocycles. The van der Waals surface area contributed by atoms with E-state index in [1.807, 2.05) is 0 Å². The minimum atomic E-state index is -0.948. The molecule has 2 aliphatic rings. The maximum Gasteiger partial charge on any atom is 0.305 e. The molecule has 1 amide bonds. The number of hydrogen-bond acceptors (Lipinski definition) is 5. The summed E-state index contributed by atoms with van der Waals surface area (Å²) in [5.74, 6) is -0.0458. The van der Waals surface area contributed by atoms with Crippen LogP contribution in [-0.4, -0.2) is 52.7 Å². The number of oxazole rings is 1. The fourth-order valence-corrected chi connectivity index (χ4v) is 2.54. The van der Waals surface area contributed by atoms with Gasteiger partial charge < -0.3 is 19.2 Å². The quantitative estimate of drug-likeness (QED) is 0.896. The fourth-order valence-electron chi connectivity index (χ4n) is 2.54. The Labute approximate surface area is 121 Å². The number of ether oxygens (including phenoxy) is 1. The predicted octanol–water partition coefficient (Wildman–Crippen LogP) is 1.18. The second kappa shape index (κ2) is 5.48. The van der Waals surface area contributed by atoms with Crippen molar-refractivity contribution in [1.29, 1.82) is 0 Å². The van der Waals surface area contributed by atoms with Gasteiger partial charge in [0.15, 0.2) is 5.89 Å². The first kappa shape index (κ1) is 14.1. The first-order valence-corrected chi connectivity index (χ1v) is 7.14. The molecule has 1 saturated heterocycles. The van der Waals surface area contributed by atoms with Gasteiger partial charge in [-0.1, -0.05) is 0 Å². The van der Waals surface area contributed by atoms with Gasteiger partial charge in [0.2, 0.25) is 5.76 Å². The van der Waals surface area contributed by atoms with E-state index in [4.69, 9.17) is 14.3 Å². The Kier molecular flexibility index (Phi) is 3.67. The van der Waals surface area contributed by atoms with Crippen LogP contribution in [0.2, 0.25) is 0 Å². The van der Waals surface area contributed by atoms with Gasteiger partial charge in [0.25, 0.3) is 5.91 Å². The predicted molar refractivity (Wildman–Crippen MR) is 71.1 cm³/mol. The minimum Gasteiger partial charge on any atom is -0.481 e. The van der Waals surface area contributed by atoms with Gasteiger partial charge in [-0.3, -0.25) is 9.59 Å². The van der Waals surface area contributed by atoms with E-state index in [9.17, 15) is 9.59 Å². The lowest BCUT2D eigenvalue weighted by molar-refractivity contribution is -0.139. The smallest absolute Gasteiger partial charge is 0.305 e. The maximum absolute atomic E-state index is 12.6. The van der Waals surface area contributed by atoms with Crippen LogP contribution < -0.4 is 0 Å². The first-order valence-electron chi connectivity index (χ1n) is 7.14. The number of aliphatic carboxylic acids is 1. The number of carboxylic acids is 1. The maximum atomic E-state index is 12.6. The number of rotatable bonds is 4. The molecule has 7 heteroatoms. The molecular formula is C14H18N2O5. The minimum absolute atomic E-state index is 0.131. The van der Waals surface area contributed by atoms with Crippen molar-refractivity contribution in [2.24, 2.45) is 0 Å². The van der Waals surface area contributed by atoms with Crippen molar-refractivity contribution in [3.63, 3.8) is 0 Å². The third kappa shape index (κ3) is 2.92. The summed E-state index contributed by atoms with van der Waals surface area (Å²) in [6.07, 6.45) is 1.97. The lowest BCUT2D eigenvalue weighted by Crippen LogP contribution is -2.49. The molecule has 21 heavy (non-hydrogen) atoms. The second-order valence-electron chi connectivity index (χ2n) is 5.57. The topological polar surface area (TPSA) is 92.9 Å². The highest BCUT2D eigenvalue weighted by atomic mass is 16.5. The number of amides is 1. The Balaban J connectivity index is 1.80. The molecule has 1 aromatic rings. The van der Waals surface area contributed by atoms with Gasteiger partial charge in [-0.25, -0.2) is 4.98 Å². The Morgan fingerprint density at radius 3 is 2.86 bits per heavy atom. The zero-order chi connectivity index (χ0) is 15.0. The summed E-state index contributed by atoms with van der Waals surface area (Å²) in [5, 5.41) is 8.95. The number of carbonyl (C=O) groups is 2. The van der Waals surface area contributed by atoms with Crippen molar-refractivity contribution >= 4 is 11.9 Å². The highest BCUT2D eigenvalue weighted by Crippen LogP contribution is 2.40. The number of nitrogens with zero attached hydrogens (tertiary/aromatic N) is 2. The molecule has 1 unspecified atom stereocenters. The van der Waals surface area contributed by atoms with Crippen molar-refractivity contribution in [3.8, 4) is 0 Å². The van der Waals surface area contributed by atoms with Crippen LogP contribution in [0.15, 0.2) is 4.42 Å². The van der Waals surface area contributed by atoms with Crippen molar-refractivity contribution in [2.75, 3.05) is 19.8 Å². The van der Waals surface area contributed by atoms with Gasteiger partial charge in [-0.2, -0.15) is 0 Å². The molecule has 0 radical (unpaired) electrons. The SMILES string of the molecule is Cc1nc(C2CC2)oc1C(=O)N1CCOCC1CC(=O)O. The molecule has 1 atom stereocenters. The molecule has 3 rings (SSSR count). The Bertz CT molecular complexity index is 564. The largest absolute Gasteiger partial charge is 0.481 e. The fraction of sp³-hybridized carbons (Fsp3) is 0.643. The van der Waals surface area contributed by atoms with Crippen LogP contribution in [0.4, 0.5) is 0 Å². The lowest BCUT2D eigenvalue weighted by atomic mass is 10.1. The van der Waals surface area contributed by atoms with Crippen LogP contribution in [0.1, 0.15) is 47.3 Å². The van der Waals surface area contributed by atoms with Gasteiger partial charge in [0, 0.05) is 12.5 Å². The first-order chi connectivity index (χ1) is 10.1. The van der Waals surface area contributed by atoms with Crippen LogP contribution >= 0.6 is 0 Å². The molecule has 114 valence electrons. The van der Waals surface area contributed by atoms with Crippen molar-refractivity contribution in [3.05, 3.63) is 17.3 Å². The molecule has 2 heterocycles. The highest BCUT2D eigenvalue weighted by molar-refractivity contribution is 5.93. The number of aromatic nitrogens is 1. The molecule has 1 saturated carbocycles. The van der Waals surface area contributed by atoms with E-state index < -0.39 is 12.0 Å². The van der Waals surface area contributed by atoms with E-state index in [1.54, 1.807) is 6.92 Å². The van der Waals surface area contributed by atoms with E-state index in [0.717, 1.165) is 12.8 Å². The molecule has 1 aliphatic carbocycles. The van der Waals surface area contributed by atoms with Crippen LogP contribution in [0.25, 0.3) is 0 Å². The van der Waals surface area contributed by atoms with Gasteiger partial charge in [0.05, 0.1) is 31.4 Å². The summed E-state index contributed by atoms with van der Waals surface area (Å²) in [6, 6.07) is -0.461. The van der Waals surface area contributed by atoms with E-state index in [1.165, 1.54) is 4.90 Å². The van der Waals surface area contributed by atoms with Crippen LogP contribution in [0.3, 0.4) is 0 Å². The second-order valence-corrected chi connectivity index (χ2v) is 5.57. The molecule has 7 nitrogen and oxygen atoms in total. The van der Waals surface area contributed by atoms with E-state index >= 15 is 0 Å². The van der Waals surface area contributed by atoms with E-state index in [2.05, 4.69) is 4.98 Å². The summed E-state index contributed by atoms with van der Waals surface area (Å²) in [4.78, 5) is 29.4. The van der Waals surface area contributed by atoms with Gasteiger partial charge in [-0.15, -0.1) is 0 Å². The number of carboxylic acid groups (broad SMARTS) is 1. The number of carbonyl (C=O) groups excluding carboxylic acids is 1. The van der Waals surface area contributed by atoms with Crippen molar-refractivity contribution in [1.82, 2.24) is 9.88 Å². The Hall–Kier alpha value is -1.89. The molecular weight excluding hydrogens is 276 g/mol. The van der Waals surface area contributed by atoms with Crippen LogP contribution in [0, 0.1) is 6.92 Å². The molecule has 2 fully saturated rings. The lowest BCUT2D eigenvalue weighted by Gasteiger charge is -2.34. The number of morpholine rings is 1. The summed E-state index contributed by atoms with van der Waals surface area (Å²) in [6.45, 7) is 2.76. The van der Waals surface area contributed by atoms with Crippen molar-refractivity contribution < 1.29 is 23.8 Å². The number of aryl methyl sites for hydroxylation is 1. The number of hydrogen-bond donors (Lipinski definition) is 1. The van der Waals surface area contributed by atoms with Gasteiger partial charge in [0.1, 0.15) is 0 Å². The molecule has 1 aromatic heterocycles. The normalized spacial score (nSPS) is 22.3. The molecule has 1 N–H and O–H groups in total. The monoisotopic (exact) mass is 294 g/mol. The summed E-state index contributed by atoms with van der Waals surface area (Å²) in [5.41, 5.74) is 0.572. The highest BCUT2D eigenvalue weighted by Gasteiger charge is 2.35. The van der Waals surface area contributed by atoms with E-state index in [-0.39, 0.29) is 24.7 Å². The molecule has 1 aliphatic heterocycles. The van der Waals surface area contributed by atoms with Crippen LogP contribution in [0.5, 0.6) is 0 Å². The Morgan fingerprint density at radius 2 is 2.19 bits per heavy atom. The third-order valence-corrected chi connectivity index (χ3v) is 3.83. The van der Waals surface area contributed by atoms with E-state index in [0.29, 0.717) is 30.7 Å². The zero-order valence-corrected chi connectivity index (χ0v) is 11.9. The molecule has 0 spiro atoms. The standard InChI is InChI=1S/C14H18N2O5/c1-8-12(21-13(15-8)9-2-3-9)14(19)16-4-5-20-7-10(16)6-11(17)18/h9-10H,2-7H2,1H3,(H,17,18). The Morgan fingerprint density at radius 1 is 1.43 bits per heavy atom.